The predicted molar refractivity (Wildman–Crippen MR) is 105 cm³/mol. The van der Waals surface area contributed by atoms with E-state index < -0.39 is 34.9 Å². The van der Waals surface area contributed by atoms with Crippen molar-refractivity contribution in [1.82, 2.24) is 19.7 Å². The number of anilines is 1. The van der Waals surface area contributed by atoms with Crippen molar-refractivity contribution < 1.29 is 27.4 Å². The van der Waals surface area contributed by atoms with Crippen molar-refractivity contribution in [1.29, 1.82) is 0 Å². The minimum Gasteiger partial charge on any atom is -0.444 e. The number of nitrogens with two attached hydrogens (primary N) is 1. The molecule has 1 saturated heterocycles. The molecule has 4 heterocycles. The molecule has 2 aliphatic heterocycles. The minimum atomic E-state index is -4.61. The molecule has 0 saturated carbocycles. The van der Waals surface area contributed by atoms with Crippen LogP contribution < -0.4 is 5.73 Å². The van der Waals surface area contributed by atoms with Crippen LogP contribution in [0.1, 0.15) is 38.4 Å². The molecule has 1 fully saturated rings. The Morgan fingerprint density at radius 2 is 2.00 bits per heavy atom. The number of rotatable bonds is 1. The highest BCUT2D eigenvalue weighted by atomic mass is 19.4. The number of nitrogen functional groups attached to an aromatic ring is 1. The van der Waals surface area contributed by atoms with E-state index in [1.54, 1.807) is 36.4 Å². The smallest absolute Gasteiger partial charge is 0.419 e. The van der Waals surface area contributed by atoms with Crippen molar-refractivity contribution in [2.75, 3.05) is 25.4 Å². The fourth-order valence-electron chi connectivity index (χ4n) is 3.93. The monoisotopic (exact) mass is 439 g/mol. The fraction of sp³-hybridized carbons (Fsp3) is 0.550. The number of carbonyl (C=O) groups is 1. The topological polar surface area (TPSA) is 95.5 Å². The third-order valence-corrected chi connectivity index (χ3v) is 5.33. The molecule has 1 atom stereocenters. The SMILES string of the molecule is CC(C)(C)OC(=O)N1CCC2(C1)OCCn1nc(-c3cnc(N)c(C(F)(F)F)c3)cc12. The van der Waals surface area contributed by atoms with E-state index in [9.17, 15) is 18.0 Å². The van der Waals surface area contributed by atoms with E-state index in [1.165, 1.54) is 6.20 Å². The molecule has 0 bridgehead atoms. The van der Waals surface area contributed by atoms with E-state index in [-0.39, 0.29) is 12.1 Å². The van der Waals surface area contributed by atoms with Gasteiger partial charge in [-0.1, -0.05) is 0 Å². The Balaban J connectivity index is 1.64. The molecule has 31 heavy (non-hydrogen) atoms. The highest BCUT2D eigenvalue weighted by Gasteiger charge is 2.47. The van der Waals surface area contributed by atoms with Crippen LogP contribution in [0.4, 0.5) is 23.8 Å². The van der Waals surface area contributed by atoms with Gasteiger partial charge in [0.25, 0.3) is 0 Å². The quantitative estimate of drug-likeness (QED) is 0.732. The molecule has 1 amide bonds. The number of halogens is 3. The van der Waals surface area contributed by atoms with Crippen LogP contribution in [0.25, 0.3) is 11.3 Å². The number of nitrogens with zero attached hydrogens (tertiary/aromatic N) is 4. The van der Waals surface area contributed by atoms with Crippen molar-refractivity contribution in [3.8, 4) is 11.3 Å². The van der Waals surface area contributed by atoms with Crippen LogP contribution in [0.15, 0.2) is 18.3 Å². The Morgan fingerprint density at radius 3 is 2.68 bits per heavy atom. The summed E-state index contributed by atoms with van der Waals surface area (Å²) in [6, 6.07) is 2.65. The molecule has 4 rings (SSSR count). The van der Waals surface area contributed by atoms with E-state index in [4.69, 9.17) is 15.2 Å². The summed E-state index contributed by atoms with van der Waals surface area (Å²) < 4.78 is 53.0. The normalized spacial score (nSPS) is 21.4. The van der Waals surface area contributed by atoms with Gasteiger partial charge >= 0.3 is 12.3 Å². The molecule has 8 nitrogen and oxygen atoms in total. The summed E-state index contributed by atoms with van der Waals surface area (Å²) in [7, 11) is 0. The second kappa shape index (κ2) is 7.11. The molecule has 2 N–H and O–H groups in total. The van der Waals surface area contributed by atoms with Crippen LogP contribution in [-0.2, 0) is 27.8 Å². The summed E-state index contributed by atoms with van der Waals surface area (Å²) in [6.45, 7) is 6.95. The van der Waals surface area contributed by atoms with Gasteiger partial charge in [-0.2, -0.15) is 18.3 Å². The van der Waals surface area contributed by atoms with Gasteiger partial charge in [-0.3, -0.25) is 4.68 Å². The molecule has 0 aromatic carbocycles. The Kier molecular flexibility index (Phi) is 4.91. The number of alkyl halides is 3. The van der Waals surface area contributed by atoms with Gasteiger partial charge in [0.1, 0.15) is 17.0 Å². The number of aromatic nitrogens is 3. The van der Waals surface area contributed by atoms with Crippen LogP contribution in [0.5, 0.6) is 0 Å². The molecule has 2 aromatic rings. The third-order valence-electron chi connectivity index (χ3n) is 5.33. The lowest BCUT2D eigenvalue weighted by Crippen LogP contribution is -2.43. The van der Waals surface area contributed by atoms with Crippen molar-refractivity contribution >= 4 is 11.9 Å². The van der Waals surface area contributed by atoms with Gasteiger partial charge in [0.15, 0.2) is 0 Å². The summed E-state index contributed by atoms with van der Waals surface area (Å²) in [6.07, 6.45) is -3.24. The zero-order valence-electron chi connectivity index (χ0n) is 17.5. The fourth-order valence-corrected chi connectivity index (χ4v) is 3.93. The van der Waals surface area contributed by atoms with E-state index in [0.717, 1.165) is 6.07 Å². The minimum absolute atomic E-state index is 0.209. The Morgan fingerprint density at radius 1 is 1.26 bits per heavy atom. The number of amides is 1. The molecule has 11 heteroatoms. The van der Waals surface area contributed by atoms with Crippen molar-refractivity contribution in [2.24, 2.45) is 0 Å². The molecule has 1 spiro atoms. The van der Waals surface area contributed by atoms with Crippen LogP contribution in [0.3, 0.4) is 0 Å². The average molecular weight is 439 g/mol. The zero-order valence-corrected chi connectivity index (χ0v) is 17.5. The van der Waals surface area contributed by atoms with Crippen LogP contribution in [0.2, 0.25) is 0 Å². The van der Waals surface area contributed by atoms with Gasteiger partial charge in [0.2, 0.25) is 0 Å². The summed E-state index contributed by atoms with van der Waals surface area (Å²) >= 11 is 0. The Labute approximate surface area is 177 Å². The van der Waals surface area contributed by atoms with Crippen LogP contribution in [0, 0.1) is 0 Å². The lowest BCUT2D eigenvalue weighted by molar-refractivity contribution is -0.137. The average Bonchev–Trinajstić information content (AvgIpc) is 3.26. The molecule has 168 valence electrons. The van der Waals surface area contributed by atoms with E-state index >= 15 is 0 Å². The standard InChI is InChI=1S/C20H24F3N5O3/c1-18(2,3)31-17(29)27-5-4-19(11-27)15-9-14(26-28(15)6-7-30-19)12-8-13(20(21,22)23)16(24)25-10-12/h8-10H,4-7,11H2,1-3H3,(H2,24,25). The predicted octanol–water partition coefficient (Wildman–Crippen LogP) is 3.41. The van der Waals surface area contributed by atoms with Gasteiger partial charge in [-0.25, -0.2) is 9.78 Å². The highest BCUT2D eigenvalue weighted by Crippen LogP contribution is 2.41. The Bertz CT molecular complexity index is 1010. The van der Waals surface area contributed by atoms with E-state index in [0.29, 0.717) is 37.5 Å². The van der Waals surface area contributed by atoms with Crippen LogP contribution in [-0.4, -0.2) is 51.1 Å². The number of likely N-dealkylation sites (tertiary alicyclic amines) is 1. The van der Waals surface area contributed by atoms with E-state index in [1.807, 2.05) is 0 Å². The van der Waals surface area contributed by atoms with Crippen molar-refractivity contribution in [3.63, 3.8) is 0 Å². The molecule has 1 unspecified atom stereocenters. The third kappa shape index (κ3) is 4.06. The number of ether oxygens (including phenoxy) is 2. The summed E-state index contributed by atoms with van der Waals surface area (Å²) in [5, 5.41) is 4.48. The molecule has 2 aromatic heterocycles. The number of hydrogen-bond donors (Lipinski definition) is 1. The lowest BCUT2D eigenvalue weighted by atomic mass is 9.96. The van der Waals surface area contributed by atoms with Crippen LogP contribution >= 0.6 is 0 Å². The van der Waals surface area contributed by atoms with Crippen molar-refractivity contribution in [2.45, 2.75) is 51.1 Å². The number of hydrogen-bond acceptors (Lipinski definition) is 6. The second-order valence-electron chi connectivity index (χ2n) is 8.79. The maximum absolute atomic E-state index is 13.2. The Hall–Kier alpha value is -2.82. The van der Waals surface area contributed by atoms with Crippen molar-refractivity contribution in [3.05, 3.63) is 29.6 Å². The number of pyridine rings is 1. The zero-order chi connectivity index (χ0) is 22.6. The molecule has 0 radical (unpaired) electrons. The highest BCUT2D eigenvalue weighted by molar-refractivity contribution is 5.69. The summed E-state index contributed by atoms with van der Waals surface area (Å²) in [4.78, 5) is 17.8. The molecule has 0 aliphatic carbocycles. The maximum atomic E-state index is 13.2. The first-order valence-electron chi connectivity index (χ1n) is 9.91. The lowest BCUT2D eigenvalue weighted by Gasteiger charge is -2.34. The second-order valence-corrected chi connectivity index (χ2v) is 8.79. The number of fused-ring (bicyclic) bond motifs is 2. The summed E-state index contributed by atoms with van der Waals surface area (Å²) in [5.74, 6) is -0.580. The number of carbonyl (C=O) groups excluding carboxylic acids is 1. The van der Waals surface area contributed by atoms with Gasteiger partial charge in [0, 0.05) is 24.7 Å². The first kappa shape index (κ1) is 21.4. The van der Waals surface area contributed by atoms with Gasteiger partial charge in [-0.15, -0.1) is 0 Å². The molecular weight excluding hydrogens is 415 g/mol. The van der Waals surface area contributed by atoms with Gasteiger partial charge in [0.05, 0.1) is 36.6 Å². The largest absolute Gasteiger partial charge is 0.444 e. The maximum Gasteiger partial charge on any atom is 0.419 e. The summed E-state index contributed by atoms with van der Waals surface area (Å²) in [5.41, 5.74) is 4.27. The van der Waals surface area contributed by atoms with Gasteiger partial charge < -0.3 is 20.1 Å². The first-order chi connectivity index (χ1) is 14.4. The van der Waals surface area contributed by atoms with Gasteiger partial charge in [-0.05, 0) is 32.9 Å². The molecule has 2 aliphatic rings. The van der Waals surface area contributed by atoms with E-state index in [2.05, 4.69) is 10.1 Å². The molecular formula is C20H24F3N5O3. The first-order valence-corrected chi connectivity index (χ1v) is 9.91.